The van der Waals surface area contributed by atoms with Crippen LogP contribution in [0.25, 0.3) is 0 Å². The zero-order valence-electron chi connectivity index (χ0n) is 5.40. The second kappa shape index (κ2) is 6.47. The van der Waals surface area contributed by atoms with Crippen molar-refractivity contribution >= 4 is 18.1 Å². The van der Waals surface area contributed by atoms with E-state index in [2.05, 4.69) is 10.3 Å². The number of aliphatic imine (C=N–C) groups is 1. The maximum Gasteiger partial charge on any atom is 0.221 e. The van der Waals surface area contributed by atoms with Crippen LogP contribution in [0.2, 0.25) is 0 Å². The van der Waals surface area contributed by atoms with Crippen LogP contribution >= 0.6 is 0 Å². The molecule has 0 fully saturated rings. The molecule has 0 aromatic heterocycles. The fourth-order valence-corrected chi connectivity index (χ4v) is 0.289. The molecule has 0 atom stereocenters. The Balaban J connectivity index is 0. The number of nitrogens with two attached hydrogens (primary N) is 1. The van der Waals surface area contributed by atoms with Crippen LogP contribution in [0.4, 0.5) is 0 Å². The zero-order chi connectivity index (χ0) is 7.28. The van der Waals surface area contributed by atoms with E-state index >= 15 is 0 Å². The topological polar surface area (TPSA) is 98.1 Å². The van der Waals surface area contributed by atoms with Gasteiger partial charge in [0.25, 0.3) is 0 Å². The van der Waals surface area contributed by atoms with Gasteiger partial charge in [0.15, 0.2) is 5.96 Å². The van der Waals surface area contributed by atoms with Gasteiger partial charge in [-0.2, -0.15) is 0 Å². The van der Waals surface area contributed by atoms with Gasteiger partial charge in [-0.3, -0.25) is 16.1 Å². The van der Waals surface area contributed by atoms with Gasteiger partial charge in [-0.05, 0) is 6.92 Å². The van der Waals surface area contributed by atoms with Crippen molar-refractivity contribution in [1.29, 1.82) is 10.8 Å². The maximum absolute atomic E-state index is 6.89. The first-order valence-corrected chi connectivity index (χ1v) is 2.35. The minimum atomic E-state index is -0.273. The molecule has 61 valence electrons. The van der Waals surface area contributed by atoms with Crippen LogP contribution < -0.4 is 11.1 Å². The van der Waals surface area contributed by atoms with Crippen molar-refractivity contribution in [2.75, 3.05) is 0 Å². The molecule has 0 spiro atoms. The van der Waals surface area contributed by atoms with Crippen LogP contribution in [-0.4, -0.2) is 18.1 Å². The molecule has 0 heterocycles. The Labute approximate surface area is 74.6 Å². The van der Waals surface area contributed by atoms with E-state index in [1.54, 1.807) is 6.92 Å². The van der Waals surface area contributed by atoms with Crippen molar-refractivity contribution in [3.05, 3.63) is 0 Å². The average Bonchev–Trinajstić information content (AvgIpc) is 1.63. The van der Waals surface area contributed by atoms with Gasteiger partial charge in [0, 0.05) is 28.6 Å². The summed E-state index contributed by atoms with van der Waals surface area (Å²) in [5.74, 6) is -0.393. The Morgan fingerprint density at radius 3 is 2.40 bits per heavy atom. The molecule has 0 saturated heterocycles. The molecule has 6 heteroatoms. The van der Waals surface area contributed by atoms with E-state index in [1.807, 2.05) is 0 Å². The largest absolute Gasteiger partial charge is 0.370 e. The molecule has 10 heavy (non-hydrogen) atoms. The van der Waals surface area contributed by atoms with E-state index in [9.17, 15) is 0 Å². The van der Waals surface area contributed by atoms with Crippen LogP contribution in [0.5, 0.6) is 0 Å². The molecule has 0 aliphatic carbocycles. The molecule has 0 aliphatic rings. The molecule has 0 aromatic carbocycles. The molecule has 0 bridgehead atoms. The molecule has 5 N–H and O–H groups in total. The van der Waals surface area contributed by atoms with Gasteiger partial charge in [-0.25, -0.2) is 4.99 Å². The standard InChI is InChI=1S/C4H9N5.Ag/c1-2-8-4(7)9-3(5)6;/h2H,1H3,(H5,5,6,7,9);. The Bertz CT molecular complexity index is 152. The number of nitrogens with one attached hydrogen (secondary N) is 3. The summed E-state index contributed by atoms with van der Waals surface area (Å²) in [7, 11) is 0. The summed E-state index contributed by atoms with van der Waals surface area (Å²) in [6, 6.07) is 0. The van der Waals surface area contributed by atoms with Crippen LogP contribution in [-0.2, 0) is 22.4 Å². The summed E-state index contributed by atoms with van der Waals surface area (Å²) in [5.41, 5.74) is 4.88. The summed E-state index contributed by atoms with van der Waals surface area (Å²) >= 11 is 0. The van der Waals surface area contributed by atoms with E-state index in [0.29, 0.717) is 0 Å². The van der Waals surface area contributed by atoms with Gasteiger partial charge in [-0.1, -0.05) is 0 Å². The Hall–Kier alpha value is -0.650. The zero-order valence-corrected chi connectivity index (χ0v) is 6.89. The van der Waals surface area contributed by atoms with Crippen molar-refractivity contribution in [2.45, 2.75) is 6.92 Å². The van der Waals surface area contributed by atoms with Gasteiger partial charge in [0.2, 0.25) is 5.96 Å². The molecular formula is C4H9AgN5. The number of rotatable bonds is 0. The smallest absolute Gasteiger partial charge is 0.221 e. The van der Waals surface area contributed by atoms with E-state index in [-0.39, 0.29) is 34.3 Å². The van der Waals surface area contributed by atoms with Gasteiger partial charge in [0.05, 0.1) is 0 Å². The van der Waals surface area contributed by atoms with E-state index in [4.69, 9.17) is 16.6 Å². The summed E-state index contributed by atoms with van der Waals surface area (Å²) in [6.45, 7) is 1.68. The van der Waals surface area contributed by atoms with Crippen LogP contribution in [0.1, 0.15) is 6.92 Å². The number of hydrogen-bond acceptors (Lipinski definition) is 2. The van der Waals surface area contributed by atoms with E-state index in [0.717, 1.165) is 0 Å². The van der Waals surface area contributed by atoms with Crippen molar-refractivity contribution in [2.24, 2.45) is 10.7 Å². The first-order valence-electron chi connectivity index (χ1n) is 2.35. The van der Waals surface area contributed by atoms with Gasteiger partial charge < -0.3 is 5.73 Å². The Morgan fingerprint density at radius 1 is 1.60 bits per heavy atom. The molecule has 5 nitrogen and oxygen atoms in total. The number of hydrogen-bond donors (Lipinski definition) is 4. The summed E-state index contributed by atoms with van der Waals surface area (Å²) in [6.07, 6.45) is 1.44. The first-order chi connectivity index (χ1) is 4.16. The fraction of sp³-hybridized carbons (Fsp3) is 0.250. The second-order valence-corrected chi connectivity index (χ2v) is 1.27. The van der Waals surface area contributed by atoms with Gasteiger partial charge in [0.1, 0.15) is 0 Å². The number of guanidine groups is 2. The van der Waals surface area contributed by atoms with Gasteiger partial charge >= 0.3 is 0 Å². The van der Waals surface area contributed by atoms with Crippen molar-refractivity contribution in [3.8, 4) is 0 Å². The van der Waals surface area contributed by atoms with Crippen LogP contribution in [0, 0.1) is 10.8 Å². The second-order valence-electron chi connectivity index (χ2n) is 1.27. The summed E-state index contributed by atoms with van der Waals surface area (Å²) in [5, 5.41) is 15.7. The normalized spacial score (nSPS) is 8.50. The molecular weight excluding hydrogens is 226 g/mol. The van der Waals surface area contributed by atoms with Crippen LogP contribution in [0.15, 0.2) is 4.99 Å². The first kappa shape index (κ1) is 12.1. The average molecular weight is 235 g/mol. The molecule has 0 unspecified atom stereocenters. The monoisotopic (exact) mass is 234 g/mol. The predicted octanol–water partition coefficient (Wildman–Crippen LogP) is -0.508. The third kappa shape index (κ3) is 7.35. The predicted molar refractivity (Wildman–Crippen MR) is 36.9 cm³/mol. The Morgan fingerprint density at radius 2 is 2.10 bits per heavy atom. The minimum absolute atomic E-state index is 0. The fourth-order valence-electron chi connectivity index (χ4n) is 0.289. The summed E-state index contributed by atoms with van der Waals surface area (Å²) in [4.78, 5) is 3.49. The molecule has 0 amide bonds. The molecule has 0 saturated carbocycles. The maximum atomic E-state index is 6.89. The van der Waals surface area contributed by atoms with Crippen molar-refractivity contribution < 1.29 is 22.4 Å². The van der Waals surface area contributed by atoms with Gasteiger partial charge in [-0.15, -0.1) is 0 Å². The quantitative estimate of drug-likeness (QED) is 0.258. The SMILES string of the molecule is CC=NC(=N)NC(=N)N.[Ag]. The van der Waals surface area contributed by atoms with E-state index in [1.165, 1.54) is 6.21 Å². The van der Waals surface area contributed by atoms with Crippen molar-refractivity contribution in [1.82, 2.24) is 5.32 Å². The molecule has 0 aromatic rings. The molecule has 0 rings (SSSR count). The van der Waals surface area contributed by atoms with Crippen LogP contribution in [0.3, 0.4) is 0 Å². The number of nitrogens with zero attached hydrogens (tertiary/aromatic N) is 1. The van der Waals surface area contributed by atoms with Crippen molar-refractivity contribution in [3.63, 3.8) is 0 Å². The third-order valence-electron chi connectivity index (χ3n) is 0.511. The molecule has 1 radical (unpaired) electrons. The Kier molecular flexibility index (Phi) is 7.81. The minimum Gasteiger partial charge on any atom is -0.370 e. The van der Waals surface area contributed by atoms with E-state index < -0.39 is 0 Å². The molecule has 0 aliphatic heterocycles. The third-order valence-corrected chi connectivity index (χ3v) is 0.511. The summed E-state index contributed by atoms with van der Waals surface area (Å²) < 4.78 is 0.